The van der Waals surface area contributed by atoms with Crippen molar-refractivity contribution in [1.29, 1.82) is 0 Å². The molecule has 0 spiro atoms. The second-order valence-electron chi connectivity index (χ2n) is 6.22. The first-order valence-electron chi connectivity index (χ1n) is 8.93. The zero-order chi connectivity index (χ0) is 16.8. The van der Waals surface area contributed by atoms with Crippen LogP contribution >= 0.6 is 0 Å². The van der Waals surface area contributed by atoms with Crippen molar-refractivity contribution in [3.8, 4) is 17.1 Å². The Hall–Kier alpha value is -2.29. The molecule has 3 rings (SSSR count). The Bertz CT molecular complexity index is 774. The number of aromatic nitrogens is 2. The van der Waals surface area contributed by atoms with Gasteiger partial charge in [0.25, 0.3) is 0 Å². The molecule has 3 aromatic rings. The van der Waals surface area contributed by atoms with Crippen molar-refractivity contribution in [2.45, 2.75) is 45.6 Å². The monoisotopic (exact) mass is 322 g/mol. The number of fused-ring (bicyclic) bond motifs is 1. The van der Waals surface area contributed by atoms with Gasteiger partial charge in [0.15, 0.2) is 0 Å². The minimum atomic E-state index is 0.876. The van der Waals surface area contributed by atoms with E-state index in [0.29, 0.717) is 0 Å². The standard InChI is InChI=1S/C21H26N2O/c1-3-4-5-6-9-16-23-20-11-8-7-10-19(20)22-21(23)17-12-14-18(24-2)15-13-17/h7-8,10-15H,3-6,9,16H2,1-2H3. The molecule has 0 radical (unpaired) electrons. The van der Waals surface area contributed by atoms with Gasteiger partial charge in [-0.3, -0.25) is 0 Å². The summed E-state index contributed by atoms with van der Waals surface area (Å²) in [6.45, 7) is 3.27. The van der Waals surface area contributed by atoms with Gasteiger partial charge in [0.1, 0.15) is 11.6 Å². The van der Waals surface area contributed by atoms with Crippen molar-refractivity contribution in [3.63, 3.8) is 0 Å². The quantitative estimate of drug-likeness (QED) is 0.499. The van der Waals surface area contributed by atoms with Crippen LogP contribution in [0, 0.1) is 0 Å². The lowest BCUT2D eigenvalue weighted by atomic mass is 10.1. The van der Waals surface area contributed by atoms with Gasteiger partial charge < -0.3 is 9.30 Å². The van der Waals surface area contributed by atoms with Crippen LogP contribution in [0.3, 0.4) is 0 Å². The number of hydrogen-bond acceptors (Lipinski definition) is 2. The van der Waals surface area contributed by atoms with Crippen LogP contribution in [-0.2, 0) is 6.54 Å². The minimum Gasteiger partial charge on any atom is -0.497 e. The van der Waals surface area contributed by atoms with Crippen LogP contribution in [0.15, 0.2) is 48.5 Å². The molecule has 3 nitrogen and oxygen atoms in total. The van der Waals surface area contributed by atoms with E-state index in [1.165, 1.54) is 37.6 Å². The van der Waals surface area contributed by atoms with Crippen molar-refractivity contribution >= 4 is 11.0 Å². The van der Waals surface area contributed by atoms with E-state index < -0.39 is 0 Å². The van der Waals surface area contributed by atoms with E-state index in [4.69, 9.17) is 9.72 Å². The molecule has 1 heterocycles. The third-order valence-electron chi connectivity index (χ3n) is 4.49. The molecule has 0 unspecified atom stereocenters. The van der Waals surface area contributed by atoms with E-state index >= 15 is 0 Å². The Morgan fingerprint density at radius 2 is 1.67 bits per heavy atom. The fraction of sp³-hybridized carbons (Fsp3) is 0.381. The van der Waals surface area contributed by atoms with E-state index in [9.17, 15) is 0 Å². The van der Waals surface area contributed by atoms with E-state index in [-0.39, 0.29) is 0 Å². The molecule has 0 fully saturated rings. The molecule has 0 atom stereocenters. The minimum absolute atomic E-state index is 0.876. The molecule has 0 aliphatic rings. The van der Waals surface area contributed by atoms with Crippen molar-refractivity contribution < 1.29 is 4.74 Å². The first-order chi connectivity index (χ1) is 11.8. The summed E-state index contributed by atoms with van der Waals surface area (Å²) < 4.78 is 7.63. The van der Waals surface area contributed by atoms with E-state index in [2.05, 4.69) is 47.9 Å². The Kier molecular flexibility index (Phi) is 5.52. The number of nitrogens with zero attached hydrogens (tertiary/aromatic N) is 2. The Labute approximate surface area is 144 Å². The number of imidazole rings is 1. The highest BCUT2D eigenvalue weighted by Gasteiger charge is 2.12. The van der Waals surface area contributed by atoms with Crippen LogP contribution in [0.2, 0.25) is 0 Å². The van der Waals surface area contributed by atoms with Crippen molar-refractivity contribution in [2.75, 3.05) is 7.11 Å². The van der Waals surface area contributed by atoms with E-state index in [1.54, 1.807) is 7.11 Å². The number of ether oxygens (including phenoxy) is 1. The van der Waals surface area contributed by atoms with Crippen molar-refractivity contribution in [1.82, 2.24) is 9.55 Å². The van der Waals surface area contributed by atoms with Crippen molar-refractivity contribution in [2.24, 2.45) is 0 Å². The second kappa shape index (κ2) is 8.00. The molecule has 0 saturated heterocycles. The van der Waals surface area contributed by atoms with Gasteiger partial charge in [-0.2, -0.15) is 0 Å². The van der Waals surface area contributed by atoms with Crippen LogP contribution in [0.1, 0.15) is 39.0 Å². The molecule has 0 amide bonds. The van der Waals surface area contributed by atoms with Gasteiger partial charge in [-0.15, -0.1) is 0 Å². The van der Waals surface area contributed by atoms with Gasteiger partial charge in [0, 0.05) is 12.1 Å². The number of para-hydroxylation sites is 2. The molecule has 1 aromatic heterocycles. The molecule has 3 heteroatoms. The highest BCUT2D eigenvalue weighted by molar-refractivity contribution is 5.80. The summed E-state index contributed by atoms with van der Waals surface area (Å²) in [6, 6.07) is 16.6. The second-order valence-corrected chi connectivity index (χ2v) is 6.22. The lowest BCUT2D eigenvalue weighted by Gasteiger charge is -2.10. The fourth-order valence-corrected chi connectivity index (χ4v) is 3.14. The van der Waals surface area contributed by atoms with Crippen LogP contribution in [0.4, 0.5) is 0 Å². The highest BCUT2D eigenvalue weighted by atomic mass is 16.5. The smallest absolute Gasteiger partial charge is 0.141 e. The maximum atomic E-state index is 5.27. The van der Waals surface area contributed by atoms with Gasteiger partial charge in [0.05, 0.1) is 18.1 Å². The summed E-state index contributed by atoms with van der Waals surface area (Å²) in [6.07, 6.45) is 6.41. The summed E-state index contributed by atoms with van der Waals surface area (Å²) in [7, 11) is 1.69. The summed E-state index contributed by atoms with van der Waals surface area (Å²) in [5, 5.41) is 0. The third kappa shape index (κ3) is 3.61. The molecule has 0 aliphatic heterocycles. The predicted molar refractivity (Wildman–Crippen MR) is 100 cm³/mol. The summed E-state index contributed by atoms with van der Waals surface area (Å²) in [5.41, 5.74) is 3.43. The van der Waals surface area contributed by atoms with Gasteiger partial charge >= 0.3 is 0 Å². The fourth-order valence-electron chi connectivity index (χ4n) is 3.14. The first-order valence-corrected chi connectivity index (χ1v) is 8.93. The Balaban J connectivity index is 1.89. The summed E-state index contributed by atoms with van der Waals surface area (Å²) >= 11 is 0. The molecule has 2 aromatic carbocycles. The molecule has 0 bridgehead atoms. The molecule has 0 saturated carbocycles. The maximum absolute atomic E-state index is 5.27. The normalized spacial score (nSPS) is 11.1. The van der Waals surface area contributed by atoms with Gasteiger partial charge in [-0.25, -0.2) is 4.98 Å². The van der Waals surface area contributed by atoms with E-state index in [0.717, 1.165) is 29.2 Å². The zero-order valence-electron chi connectivity index (χ0n) is 14.7. The van der Waals surface area contributed by atoms with Crippen LogP contribution < -0.4 is 4.74 Å². The van der Waals surface area contributed by atoms with Gasteiger partial charge in [-0.1, -0.05) is 44.7 Å². The maximum Gasteiger partial charge on any atom is 0.141 e. The number of unbranched alkanes of at least 4 members (excludes halogenated alkanes) is 4. The highest BCUT2D eigenvalue weighted by Crippen LogP contribution is 2.27. The predicted octanol–water partition coefficient (Wildman–Crippen LogP) is 5.68. The summed E-state index contributed by atoms with van der Waals surface area (Å²) in [5.74, 6) is 1.93. The first kappa shape index (κ1) is 16.6. The summed E-state index contributed by atoms with van der Waals surface area (Å²) in [4.78, 5) is 4.88. The van der Waals surface area contributed by atoms with Crippen LogP contribution in [0.5, 0.6) is 5.75 Å². The van der Waals surface area contributed by atoms with Gasteiger partial charge in [0.2, 0.25) is 0 Å². The number of hydrogen-bond donors (Lipinski definition) is 0. The molecule has 24 heavy (non-hydrogen) atoms. The SMILES string of the molecule is CCCCCCCn1c(-c2ccc(OC)cc2)nc2ccccc21. The zero-order valence-corrected chi connectivity index (χ0v) is 14.7. The lowest BCUT2D eigenvalue weighted by Crippen LogP contribution is -2.01. The third-order valence-corrected chi connectivity index (χ3v) is 4.49. The topological polar surface area (TPSA) is 27.1 Å². The molecular weight excluding hydrogens is 296 g/mol. The largest absolute Gasteiger partial charge is 0.497 e. The van der Waals surface area contributed by atoms with E-state index in [1.807, 2.05) is 12.1 Å². The number of benzene rings is 2. The van der Waals surface area contributed by atoms with Gasteiger partial charge in [-0.05, 0) is 42.8 Å². The number of rotatable bonds is 8. The van der Waals surface area contributed by atoms with Crippen molar-refractivity contribution in [3.05, 3.63) is 48.5 Å². The number of methoxy groups -OCH3 is 1. The Morgan fingerprint density at radius 1 is 0.917 bits per heavy atom. The lowest BCUT2D eigenvalue weighted by molar-refractivity contribution is 0.415. The number of aryl methyl sites for hydroxylation is 1. The average Bonchev–Trinajstić information content (AvgIpc) is 3.00. The van der Waals surface area contributed by atoms with Crippen LogP contribution in [-0.4, -0.2) is 16.7 Å². The molecule has 126 valence electrons. The average molecular weight is 322 g/mol. The molecule has 0 N–H and O–H groups in total. The van der Waals surface area contributed by atoms with Crippen LogP contribution in [0.25, 0.3) is 22.4 Å². The molecule has 0 aliphatic carbocycles. The molecular formula is C21H26N2O. The Morgan fingerprint density at radius 3 is 2.42 bits per heavy atom.